The van der Waals surface area contributed by atoms with Crippen molar-refractivity contribution in [3.05, 3.63) is 0 Å². The van der Waals surface area contributed by atoms with Crippen LogP contribution in [0, 0.1) is 0 Å². The molecule has 0 aliphatic carbocycles. The number of anilines is 2. The lowest BCUT2D eigenvalue weighted by Gasteiger charge is -2.37. The van der Waals surface area contributed by atoms with Crippen molar-refractivity contribution in [2.24, 2.45) is 0 Å². The SMILES string of the molecule is CCNc1nc(OCC)nc(N2CCSC(C)(C)C2)n1. The van der Waals surface area contributed by atoms with Crippen molar-refractivity contribution < 1.29 is 4.74 Å². The minimum absolute atomic E-state index is 0.217. The van der Waals surface area contributed by atoms with E-state index in [1.54, 1.807) is 0 Å². The first-order valence-electron chi connectivity index (χ1n) is 7.05. The number of thioether (sulfide) groups is 1. The first-order chi connectivity index (χ1) is 9.54. The molecule has 0 bridgehead atoms. The van der Waals surface area contributed by atoms with Gasteiger partial charge in [-0.05, 0) is 27.7 Å². The summed E-state index contributed by atoms with van der Waals surface area (Å²) >= 11 is 1.99. The van der Waals surface area contributed by atoms with E-state index < -0.39 is 0 Å². The fourth-order valence-corrected chi connectivity index (χ4v) is 3.22. The Morgan fingerprint density at radius 1 is 1.30 bits per heavy atom. The van der Waals surface area contributed by atoms with Gasteiger partial charge < -0.3 is 15.0 Å². The van der Waals surface area contributed by atoms with Crippen molar-refractivity contribution in [2.45, 2.75) is 32.4 Å². The molecule has 0 radical (unpaired) electrons. The number of rotatable bonds is 5. The molecule has 0 saturated carbocycles. The van der Waals surface area contributed by atoms with Gasteiger partial charge in [0, 0.05) is 30.1 Å². The molecule has 0 amide bonds. The molecule has 1 aliphatic rings. The van der Waals surface area contributed by atoms with Crippen LogP contribution in [0.4, 0.5) is 11.9 Å². The van der Waals surface area contributed by atoms with E-state index in [4.69, 9.17) is 4.74 Å². The molecule has 6 nitrogen and oxygen atoms in total. The molecule has 1 aromatic rings. The highest BCUT2D eigenvalue weighted by Crippen LogP contribution is 2.31. The minimum atomic E-state index is 0.217. The number of aromatic nitrogens is 3. The number of hydrogen-bond donors (Lipinski definition) is 1. The molecular weight excluding hydrogens is 274 g/mol. The van der Waals surface area contributed by atoms with Crippen LogP contribution in [-0.2, 0) is 0 Å². The van der Waals surface area contributed by atoms with E-state index in [0.717, 1.165) is 25.4 Å². The number of nitrogens with one attached hydrogen (secondary N) is 1. The van der Waals surface area contributed by atoms with Gasteiger partial charge in [-0.2, -0.15) is 26.7 Å². The molecule has 1 N–H and O–H groups in total. The van der Waals surface area contributed by atoms with E-state index in [1.807, 2.05) is 25.6 Å². The Labute approximate surface area is 124 Å². The molecule has 0 aromatic carbocycles. The van der Waals surface area contributed by atoms with Gasteiger partial charge >= 0.3 is 6.01 Å². The lowest BCUT2D eigenvalue weighted by atomic mass is 10.2. The molecular formula is C13H23N5OS. The normalized spacial score (nSPS) is 17.9. The Balaban J connectivity index is 2.24. The Morgan fingerprint density at radius 2 is 2.10 bits per heavy atom. The fraction of sp³-hybridized carbons (Fsp3) is 0.769. The Morgan fingerprint density at radius 3 is 2.75 bits per heavy atom. The monoisotopic (exact) mass is 297 g/mol. The summed E-state index contributed by atoms with van der Waals surface area (Å²) in [5.74, 6) is 2.36. The molecule has 0 spiro atoms. The van der Waals surface area contributed by atoms with E-state index in [2.05, 4.69) is 39.0 Å². The molecule has 7 heteroatoms. The van der Waals surface area contributed by atoms with Crippen molar-refractivity contribution in [2.75, 3.05) is 42.2 Å². The van der Waals surface area contributed by atoms with Crippen molar-refractivity contribution in [1.82, 2.24) is 15.0 Å². The van der Waals surface area contributed by atoms with Gasteiger partial charge in [-0.25, -0.2) is 0 Å². The van der Waals surface area contributed by atoms with Crippen LogP contribution < -0.4 is 15.0 Å². The minimum Gasteiger partial charge on any atom is -0.464 e. The number of ether oxygens (including phenoxy) is 1. The molecule has 1 aliphatic heterocycles. The third kappa shape index (κ3) is 3.88. The van der Waals surface area contributed by atoms with Crippen molar-refractivity contribution >= 4 is 23.7 Å². The van der Waals surface area contributed by atoms with E-state index in [-0.39, 0.29) is 4.75 Å². The summed E-state index contributed by atoms with van der Waals surface area (Å²) in [5, 5.41) is 3.13. The number of nitrogens with zero attached hydrogens (tertiary/aromatic N) is 4. The van der Waals surface area contributed by atoms with Gasteiger partial charge in [-0.15, -0.1) is 0 Å². The maximum Gasteiger partial charge on any atom is 0.323 e. The second-order valence-electron chi connectivity index (χ2n) is 5.23. The summed E-state index contributed by atoms with van der Waals surface area (Å²) in [6.07, 6.45) is 0. The van der Waals surface area contributed by atoms with E-state index >= 15 is 0 Å². The Kier molecular flexibility index (Phi) is 4.91. The quantitative estimate of drug-likeness (QED) is 0.892. The summed E-state index contributed by atoms with van der Waals surface area (Å²) in [6, 6.07) is 0.393. The van der Waals surface area contributed by atoms with Gasteiger partial charge in [0.1, 0.15) is 0 Å². The van der Waals surface area contributed by atoms with Crippen LogP contribution in [0.2, 0.25) is 0 Å². The summed E-state index contributed by atoms with van der Waals surface area (Å²) < 4.78 is 5.66. The first kappa shape index (κ1) is 15.2. The van der Waals surface area contributed by atoms with E-state index in [0.29, 0.717) is 24.5 Å². The highest BCUT2D eigenvalue weighted by atomic mass is 32.2. The van der Waals surface area contributed by atoms with Crippen LogP contribution in [0.3, 0.4) is 0 Å². The third-order valence-electron chi connectivity index (χ3n) is 2.92. The zero-order chi connectivity index (χ0) is 14.6. The maximum absolute atomic E-state index is 5.44. The lowest BCUT2D eigenvalue weighted by molar-refractivity contribution is 0.312. The van der Waals surface area contributed by atoms with Crippen molar-refractivity contribution in [3.63, 3.8) is 0 Å². The predicted molar refractivity (Wildman–Crippen MR) is 83.9 cm³/mol. The highest BCUT2D eigenvalue weighted by Gasteiger charge is 2.29. The molecule has 0 atom stereocenters. The highest BCUT2D eigenvalue weighted by molar-refractivity contribution is 8.00. The van der Waals surface area contributed by atoms with Crippen LogP contribution in [0.1, 0.15) is 27.7 Å². The number of hydrogen-bond acceptors (Lipinski definition) is 7. The molecule has 20 heavy (non-hydrogen) atoms. The predicted octanol–water partition coefficient (Wildman–Crippen LogP) is 2.03. The molecule has 1 aromatic heterocycles. The summed E-state index contributed by atoms with van der Waals surface area (Å²) in [4.78, 5) is 15.4. The molecule has 2 heterocycles. The topological polar surface area (TPSA) is 63.2 Å². The largest absolute Gasteiger partial charge is 0.464 e. The van der Waals surface area contributed by atoms with E-state index in [9.17, 15) is 0 Å². The average Bonchev–Trinajstić information content (AvgIpc) is 2.38. The summed E-state index contributed by atoms with van der Waals surface area (Å²) in [5.41, 5.74) is 0. The standard InChI is InChI=1S/C13H23N5OS/c1-5-14-10-15-11(17-12(16-10)19-6-2)18-7-8-20-13(3,4)9-18/h5-9H2,1-4H3,(H,14,15,16,17). The zero-order valence-corrected chi connectivity index (χ0v) is 13.5. The van der Waals surface area contributed by atoms with Crippen molar-refractivity contribution in [1.29, 1.82) is 0 Å². The van der Waals surface area contributed by atoms with Gasteiger partial charge in [-0.1, -0.05) is 0 Å². The van der Waals surface area contributed by atoms with Crippen LogP contribution in [0.25, 0.3) is 0 Å². The Hall–Kier alpha value is -1.24. The van der Waals surface area contributed by atoms with Gasteiger partial charge in [0.25, 0.3) is 0 Å². The average molecular weight is 297 g/mol. The van der Waals surface area contributed by atoms with E-state index in [1.165, 1.54) is 0 Å². The van der Waals surface area contributed by atoms with Gasteiger partial charge in [0.2, 0.25) is 11.9 Å². The van der Waals surface area contributed by atoms with Crippen LogP contribution in [0.5, 0.6) is 6.01 Å². The molecule has 2 rings (SSSR count). The van der Waals surface area contributed by atoms with Crippen LogP contribution >= 0.6 is 11.8 Å². The Bertz CT molecular complexity index is 430. The second kappa shape index (κ2) is 6.47. The van der Waals surface area contributed by atoms with Gasteiger partial charge in [-0.3, -0.25) is 0 Å². The smallest absolute Gasteiger partial charge is 0.323 e. The second-order valence-corrected chi connectivity index (χ2v) is 7.04. The fourth-order valence-electron chi connectivity index (χ4n) is 2.11. The molecule has 1 fully saturated rings. The van der Waals surface area contributed by atoms with Crippen LogP contribution in [0.15, 0.2) is 0 Å². The summed E-state index contributed by atoms with van der Waals surface area (Å²) in [7, 11) is 0. The summed E-state index contributed by atoms with van der Waals surface area (Å²) in [6.45, 7) is 11.7. The molecule has 1 saturated heterocycles. The van der Waals surface area contributed by atoms with Gasteiger partial charge in [0.05, 0.1) is 6.61 Å². The van der Waals surface area contributed by atoms with Gasteiger partial charge in [0.15, 0.2) is 0 Å². The molecule has 0 unspecified atom stereocenters. The molecule has 112 valence electrons. The van der Waals surface area contributed by atoms with Crippen LogP contribution in [-0.4, -0.2) is 51.7 Å². The third-order valence-corrected chi connectivity index (χ3v) is 4.22. The maximum atomic E-state index is 5.44. The first-order valence-corrected chi connectivity index (χ1v) is 8.04. The van der Waals surface area contributed by atoms with Crippen molar-refractivity contribution in [3.8, 4) is 6.01 Å². The lowest BCUT2D eigenvalue weighted by Crippen LogP contribution is -2.44. The zero-order valence-electron chi connectivity index (χ0n) is 12.6.